The molecule has 0 unspecified atom stereocenters. The van der Waals surface area contributed by atoms with Crippen molar-refractivity contribution in [3.8, 4) is 35.1 Å². The summed E-state index contributed by atoms with van der Waals surface area (Å²) < 4.78 is 23.5. The minimum absolute atomic E-state index is 0.0924. The molecule has 0 fully saturated rings. The number of ketones is 2. The molecule has 0 saturated heterocycles. The predicted octanol–water partition coefficient (Wildman–Crippen LogP) is 7.77. The number of ether oxygens (including phenoxy) is 4. The van der Waals surface area contributed by atoms with Gasteiger partial charge in [-0.1, -0.05) is 53.7 Å². The fourth-order valence-corrected chi connectivity index (χ4v) is 4.01. The Kier molecular flexibility index (Phi) is 13.2. The molecule has 0 atom stereocenters. The SMILES string of the molecule is CCOc1cc(C=C(C#N)C(=O)C(C)(C)C)ccc1OCCCCOc1ccc(C=C(C#N)C(=O)C(C)(C)C)cc1OCC. The summed E-state index contributed by atoms with van der Waals surface area (Å²) >= 11 is 0. The van der Waals surface area contributed by atoms with E-state index in [0.29, 0.717) is 60.6 Å². The van der Waals surface area contributed by atoms with Gasteiger partial charge in [-0.05, 0) is 74.2 Å². The van der Waals surface area contributed by atoms with E-state index in [9.17, 15) is 20.1 Å². The number of benzene rings is 2. The number of Topliss-reactive ketones (excluding diaryl/α,β-unsaturated/α-hetero) is 2. The number of carbonyl (C=O) groups is 2. The Labute approximate surface area is 261 Å². The first-order valence-electron chi connectivity index (χ1n) is 14.9. The highest BCUT2D eigenvalue weighted by atomic mass is 16.5. The molecule has 0 saturated carbocycles. The second-order valence-electron chi connectivity index (χ2n) is 12.2. The first-order valence-corrected chi connectivity index (χ1v) is 14.9. The van der Waals surface area contributed by atoms with Crippen molar-refractivity contribution in [3.05, 3.63) is 58.7 Å². The van der Waals surface area contributed by atoms with Crippen LogP contribution in [-0.2, 0) is 9.59 Å². The number of nitriles is 2. The number of hydrogen-bond acceptors (Lipinski definition) is 8. The highest BCUT2D eigenvalue weighted by Crippen LogP contribution is 2.32. The highest BCUT2D eigenvalue weighted by Gasteiger charge is 2.26. The van der Waals surface area contributed by atoms with Gasteiger partial charge >= 0.3 is 0 Å². The van der Waals surface area contributed by atoms with Crippen molar-refractivity contribution in [1.82, 2.24) is 0 Å². The van der Waals surface area contributed by atoms with Gasteiger partial charge in [0.05, 0.1) is 37.6 Å². The Morgan fingerprint density at radius 1 is 0.636 bits per heavy atom. The van der Waals surface area contributed by atoms with Crippen molar-refractivity contribution in [2.45, 2.75) is 68.2 Å². The summed E-state index contributed by atoms with van der Waals surface area (Å²) in [7, 11) is 0. The van der Waals surface area contributed by atoms with Crippen LogP contribution in [0.25, 0.3) is 12.2 Å². The normalized spacial score (nSPS) is 12.1. The summed E-state index contributed by atoms with van der Waals surface area (Å²) in [6.45, 7) is 16.2. The monoisotopic (exact) mass is 600 g/mol. The maximum Gasteiger partial charge on any atom is 0.178 e. The van der Waals surface area contributed by atoms with E-state index in [2.05, 4.69) is 0 Å². The molecule has 0 spiro atoms. The molecule has 8 heteroatoms. The van der Waals surface area contributed by atoms with Crippen LogP contribution in [0.3, 0.4) is 0 Å². The standard InChI is InChI=1S/C36H44N2O6/c1-9-41-31-21-25(19-27(23-37)33(39)35(3,4)5)13-15-29(31)43-17-11-12-18-44-30-16-14-26(22-32(30)42-10-2)20-28(24-38)34(40)36(6,7)8/h13-16,19-22H,9-12,17-18H2,1-8H3. The molecule has 2 rings (SSSR count). The molecule has 0 amide bonds. The van der Waals surface area contributed by atoms with Gasteiger partial charge in [0.2, 0.25) is 0 Å². The third kappa shape index (κ3) is 10.6. The summed E-state index contributed by atoms with van der Waals surface area (Å²) in [5.74, 6) is 1.79. The van der Waals surface area contributed by atoms with Crippen LogP contribution in [0.5, 0.6) is 23.0 Å². The molecule has 44 heavy (non-hydrogen) atoms. The van der Waals surface area contributed by atoms with Crippen molar-refractivity contribution in [2.75, 3.05) is 26.4 Å². The maximum absolute atomic E-state index is 12.6. The van der Waals surface area contributed by atoms with Gasteiger partial charge in [-0.15, -0.1) is 0 Å². The molecular weight excluding hydrogens is 556 g/mol. The zero-order valence-electron chi connectivity index (χ0n) is 27.2. The Bertz CT molecular complexity index is 1350. The average molecular weight is 601 g/mol. The number of nitrogens with zero attached hydrogens (tertiary/aromatic N) is 2. The molecule has 0 heterocycles. The van der Waals surface area contributed by atoms with Gasteiger partial charge in [0, 0.05) is 10.8 Å². The lowest BCUT2D eigenvalue weighted by atomic mass is 9.86. The first kappa shape index (κ1) is 35.6. The van der Waals surface area contributed by atoms with Gasteiger partial charge in [-0.3, -0.25) is 9.59 Å². The maximum atomic E-state index is 12.6. The van der Waals surface area contributed by atoms with E-state index in [4.69, 9.17) is 18.9 Å². The second kappa shape index (κ2) is 16.3. The van der Waals surface area contributed by atoms with E-state index in [0.717, 1.165) is 12.8 Å². The Morgan fingerprint density at radius 2 is 1.00 bits per heavy atom. The van der Waals surface area contributed by atoms with Crippen LogP contribution in [-0.4, -0.2) is 38.0 Å². The van der Waals surface area contributed by atoms with Crippen molar-refractivity contribution < 1.29 is 28.5 Å². The predicted molar refractivity (Wildman–Crippen MR) is 172 cm³/mol. The van der Waals surface area contributed by atoms with E-state index in [1.807, 2.05) is 26.0 Å². The minimum atomic E-state index is -0.655. The van der Waals surface area contributed by atoms with Gasteiger partial charge in [0.25, 0.3) is 0 Å². The minimum Gasteiger partial charge on any atom is -0.490 e. The van der Waals surface area contributed by atoms with Crippen LogP contribution in [0.4, 0.5) is 0 Å². The molecule has 0 aliphatic rings. The lowest BCUT2D eigenvalue weighted by molar-refractivity contribution is -0.122. The molecule has 0 aliphatic carbocycles. The molecule has 2 aromatic carbocycles. The van der Waals surface area contributed by atoms with Crippen LogP contribution < -0.4 is 18.9 Å². The fourth-order valence-electron chi connectivity index (χ4n) is 4.01. The molecule has 0 aliphatic heterocycles. The van der Waals surface area contributed by atoms with E-state index in [1.54, 1.807) is 90.1 Å². The Morgan fingerprint density at radius 3 is 1.30 bits per heavy atom. The Balaban J connectivity index is 2.02. The summed E-state index contributed by atoms with van der Waals surface area (Å²) in [5, 5.41) is 19.0. The van der Waals surface area contributed by atoms with Gasteiger partial charge in [0.1, 0.15) is 12.1 Å². The van der Waals surface area contributed by atoms with E-state index in [-0.39, 0.29) is 22.7 Å². The van der Waals surface area contributed by atoms with Crippen molar-refractivity contribution in [2.24, 2.45) is 10.8 Å². The number of carbonyl (C=O) groups excluding carboxylic acids is 2. The van der Waals surface area contributed by atoms with Crippen LogP contribution in [0.2, 0.25) is 0 Å². The average Bonchev–Trinajstić information content (AvgIpc) is 2.96. The lowest BCUT2D eigenvalue weighted by Crippen LogP contribution is -2.21. The van der Waals surface area contributed by atoms with Crippen molar-refractivity contribution >= 4 is 23.7 Å². The lowest BCUT2D eigenvalue weighted by Gasteiger charge is -2.16. The smallest absolute Gasteiger partial charge is 0.178 e. The fraction of sp³-hybridized carbons (Fsp3) is 0.444. The third-order valence-electron chi connectivity index (χ3n) is 6.30. The molecule has 0 radical (unpaired) electrons. The first-order chi connectivity index (χ1) is 20.7. The van der Waals surface area contributed by atoms with Gasteiger partial charge in [0.15, 0.2) is 34.6 Å². The number of allylic oxidation sites excluding steroid dienone is 2. The number of hydrogen-bond donors (Lipinski definition) is 0. The Hall–Kier alpha value is -4.56. The summed E-state index contributed by atoms with van der Waals surface area (Å²) in [5.41, 5.74) is 0.236. The zero-order valence-corrected chi connectivity index (χ0v) is 27.2. The number of rotatable bonds is 15. The third-order valence-corrected chi connectivity index (χ3v) is 6.30. The summed E-state index contributed by atoms with van der Waals surface area (Å²) in [6, 6.07) is 14.7. The molecule has 234 valence electrons. The quantitative estimate of drug-likeness (QED) is 0.116. The van der Waals surface area contributed by atoms with Gasteiger partial charge in [-0.25, -0.2) is 0 Å². The van der Waals surface area contributed by atoms with E-state index >= 15 is 0 Å². The van der Waals surface area contributed by atoms with Gasteiger partial charge in [-0.2, -0.15) is 10.5 Å². The molecule has 2 aromatic rings. The molecular formula is C36H44N2O6. The van der Waals surface area contributed by atoms with Crippen LogP contribution in [0.15, 0.2) is 47.5 Å². The van der Waals surface area contributed by atoms with Crippen molar-refractivity contribution in [1.29, 1.82) is 10.5 Å². The van der Waals surface area contributed by atoms with E-state index < -0.39 is 10.8 Å². The molecule has 8 nitrogen and oxygen atoms in total. The molecule has 0 aromatic heterocycles. The number of unbranched alkanes of at least 4 members (excludes halogenated alkanes) is 1. The highest BCUT2D eigenvalue weighted by molar-refractivity contribution is 6.06. The van der Waals surface area contributed by atoms with Crippen molar-refractivity contribution in [3.63, 3.8) is 0 Å². The van der Waals surface area contributed by atoms with Crippen LogP contribution >= 0.6 is 0 Å². The largest absolute Gasteiger partial charge is 0.490 e. The zero-order chi connectivity index (χ0) is 32.9. The molecule has 0 N–H and O–H groups in total. The summed E-state index contributed by atoms with van der Waals surface area (Å²) in [6.07, 6.45) is 4.59. The summed E-state index contributed by atoms with van der Waals surface area (Å²) in [4.78, 5) is 25.2. The topological polar surface area (TPSA) is 119 Å². The van der Waals surface area contributed by atoms with E-state index in [1.165, 1.54) is 0 Å². The van der Waals surface area contributed by atoms with Crippen LogP contribution in [0.1, 0.15) is 79.4 Å². The van der Waals surface area contributed by atoms with Crippen LogP contribution in [0, 0.1) is 33.5 Å². The second-order valence-corrected chi connectivity index (χ2v) is 12.2. The molecule has 0 bridgehead atoms. The van der Waals surface area contributed by atoms with Gasteiger partial charge < -0.3 is 18.9 Å².